The van der Waals surface area contributed by atoms with Gasteiger partial charge >= 0.3 is 0 Å². The normalized spacial score (nSPS) is 17.7. The van der Waals surface area contributed by atoms with E-state index in [0.29, 0.717) is 5.69 Å². The largest absolute Gasteiger partial charge is 0.383 e. The van der Waals surface area contributed by atoms with E-state index < -0.39 is 5.60 Å². The van der Waals surface area contributed by atoms with Crippen molar-refractivity contribution in [3.63, 3.8) is 0 Å². The SMILES string of the molecule is OC1(c2cnn(-c3ccccc3)n2)CC1. The van der Waals surface area contributed by atoms with Crippen LogP contribution < -0.4 is 0 Å². The lowest BCUT2D eigenvalue weighted by Crippen LogP contribution is -2.06. The van der Waals surface area contributed by atoms with Crippen molar-refractivity contribution in [1.29, 1.82) is 0 Å². The maximum absolute atomic E-state index is 9.84. The summed E-state index contributed by atoms with van der Waals surface area (Å²) in [6.07, 6.45) is 3.22. The molecule has 0 radical (unpaired) electrons. The maximum Gasteiger partial charge on any atom is 0.115 e. The molecule has 1 aromatic carbocycles. The second-order valence-corrected chi connectivity index (χ2v) is 3.89. The van der Waals surface area contributed by atoms with Crippen LogP contribution in [0.5, 0.6) is 0 Å². The molecule has 0 atom stereocenters. The molecule has 15 heavy (non-hydrogen) atoms. The smallest absolute Gasteiger partial charge is 0.115 e. The molecule has 76 valence electrons. The van der Waals surface area contributed by atoms with Crippen molar-refractivity contribution in [2.45, 2.75) is 18.4 Å². The zero-order valence-electron chi connectivity index (χ0n) is 8.17. The molecule has 0 aliphatic heterocycles. The summed E-state index contributed by atoms with van der Waals surface area (Å²) < 4.78 is 0. The summed E-state index contributed by atoms with van der Waals surface area (Å²) in [6, 6.07) is 9.68. The van der Waals surface area contributed by atoms with E-state index in [1.165, 1.54) is 0 Å². The van der Waals surface area contributed by atoms with Crippen molar-refractivity contribution in [2.24, 2.45) is 0 Å². The van der Waals surface area contributed by atoms with Crippen molar-refractivity contribution < 1.29 is 5.11 Å². The molecule has 4 nitrogen and oxygen atoms in total. The third-order valence-corrected chi connectivity index (χ3v) is 2.68. The van der Waals surface area contributed by atoms with Crippen molar-refractivity contribution in [3.8, 4) is 5.69 Å². The average Bonchev–Trinajstić information content (AvgIpc) is 2.85. The van der Waals surface area contributed by atoms with Crippen LogP contribution in [0.4, 0.5) is 0 Å². The van der Waals surface area contributed by atoms with Gasteiger partial charge in [-0.05, 0) is 25.0 Å². The van der Waals surface area contributed by atoms with Crippen molar-refractivity contribution >= 4 is 0 Å². The van der Waals surface area contributed by atoms with Crippen LogP contribution in [0.3, 0.4) is 0 Å². The molecule has 0 spiro atoms. The molecular formula is C11H11N3O. The quantitative estimate of drug-likeness (QED) is 0.795. The molecule has 0 unspecified atom stereocenters. The van der Waals surface area contributed by atoms with Crippen molar-refractivity contribution in [2.75, 3.05) is 0 Å². The first-order valence-corrected chi connectivity index (χ1v) is 4.99. The average molecular weight is 201 g/mol. The van der Waals surface area contributed by atoms with Crippen LogP contribution in [-0.4, -0.2) is 20.1 Å². The number of nitrogens with zero attached hydrogens (tertiary/aromatic N) is 3. The standard InChI is InChI=1S/C11H11N3O/c15-11(6-7-11)10-8-12-14(13-10)9-4-2-1-3-5-9/h1-5,8,15H,6-7H2. The van der Waals surface area contributed by atoms with Crippen LogP contribution in [-0.2, 0) is 5.60 Å². The van der Waals surface area contributed by atoms with Gasteiger partial charge in [0.05, 0.1) is 11.9 Å². The molecule has 3 rings (SSSR count). The predicted octanol–water partition coefficient (Wildman–Crippen LogP) is 1.25. The third kappa shape index (κ3) is 1.43. The lowest BCUT2D eigenvalue weighted by atomic mass is 10.3. The Balaban J connectivity index is 1.97. The van der Waals surface area contributed by atoms with Gasteiger partial charge in [-0.25, -0.2) is 0 Å². The number of benzene rings is 1. The zero-order chi connectivity index (χ0) is 10.3. The third-order valence-electron chi connectivity index (χ3n) is 2.68. The van der Waals surface area contributed by atoms with Crippen LogP contribution in [0.2, 0.25) is 0 Å². The first kappa shape index (κ1) is 8.61. The molecule has 4 heteroatoms. The second kappa shape index (κ2) is 2.90. The summed E-state index contributed by atoms with van der Waals surface area (Å²) in [4.78, 5) is 1.55. The Hall–Kier alpha value is -1.68. The van der Waals surface area contributed by atoms with E-state index in [-0.39, 0.29) is 0 Å². The minimum atomic E-state index is -0.701. The minimum absolute atomic E-state index is 0.673. The molecule has 0 bridgehead atoms. The van der Waals surface area contributed by atoms with E-state index >= 15 is 0 Å². The van der Waals surface area contributed by atoms with Gasteiger partial charge in [0.15, 0.2) is 0 Å². The molecule has 0 amide bonds. The monoisotopic (exact) mass is 201 g/mol. The number of rotatable bonds is 2. The summed E-state index contributed by atoms with van der Waals surface area (Å²) in [6.45, 7) is 0. The summed E-state index contributed by atoms with van der Waals surface area (Å²) in [5.41, 5.74) is 0.881. The van der Waals surface area contributed by atoms with Gasteiger partial charge in [-0.15, -0.1) is 0 Å². The summed E-state index contributed by atoms with van der Waals surface area (Å²) in [5.74, 6) is 0. The second-order valence-electron chi connectivity index (χ2n) is 3.89. The van der Waals surface area contributed by atoms with Gasteiger partial charge in [0, 0.05) is 0 Å². The van der Waals surface area contributed by atoms with E-state index in [1.54, 1.807) is 11.0 Å². The highest BCUT2D eigenvalue weighted by molar-refractivity contribution is 5.29. The number of aromatic nitrogens is 3. The van der Waals surface area contributed by atoms with Crippen LogP contribution in [0.25, 0.3) is 5.69 Å². The molecule has 2 aromatic rings. The Labute approximate surface area is 87.2 Å². The molecule has 1 saturated carbocycles. The number of para-hydroxylation sites is 1. The highest BCUT2D eigenvalue weighted by Crippen LogP contribution is 2.43. The fourth-order valence-corrected chi connectivity index (χ4v) is 1.54. The van der Waals surface area contributed by atoms with Gasteiger partial charge in [0.1, 0.15) is 11.3 Å². The first-order valence-electron chi connectivity index (χ1n) is 4.99. The lowest BCUT2D eigenvalue weighted by molar-refractivity contribution is 0.146. The lowest BCUT2D eigenvalue weighted by Gasteiger charge is -2.01. The summed E-state index contributed by atoms with van der Waals surface area (Å²) >= 11 is 0. The molecule has 1 heterocycles. The van der Waals surface area contributed by atoms with Crippen LogP contribution in [0.15, 0.2) is 36.5 Å². The molecule has 1 aromatic heterocycles. The summed E-state index contributed by atoms with van der Waals surface area (Å²) in [5, 5.41) is 18.3. The molecule has 1 N–H and O–H groups in total. The van der Waals surface area contributed by atoms with Crippen molar-refractivity contribution in [3.05, 3.63) is 42.2 Å². The Morgan fingerprint density at radius 1 is 1.20 bits per heavy atom. The number of hydrogen-bond acceptors (Lipinski definition) is 3. The highest BCUT2D eigenvalue weighted by atomic mass is 16.3. The zero-order valence-corrected chi connectivity index (χ0v) is 8.17. The molecule has 1 aliphatic carbocycles. The Bertz CT molecular complexity index is 474. The molecule has 0 saturated heterocycles. The van der Waals surface area contributed by atoms with Crippen LogP contribution in [0, 0.1) is 0 Å². The van der Waals surface area contributed by atoms with Gasteiger partial charge in [0.25, 0.3) is 0 Å². The fourth-order valence-electron chi connectivity index (χ4n) is 1.54. The minimum Gasteiger partial charge on any atom is -0.383 e. The van der Waals surface area contributed by atoms with Gasteiger partial charge in [0.2, 0.25) is 0 Å². The highest BCUT2D eigenvalue weighted by Gasteiger charge is 2.44. The predicted molar refractivity (Wildman–Crippen MR) is 54.5 cm³/mol. The molecule has 1 aliphatic rings. The van der Waals surface area contributed by atoms with E-state index in [0.717, 1.165) is 18.5 Å². The Kier molecular flexibility index (Phi) is 1.67. The van der Waals surface area contributed by atoms with E-state index in [1.807, 2.05) is 30.3 Å². The van der Waals surface area contributed by atoms with Gasteiger partial charge in [-0.3, -0.25) is 0 Å². The summed E-state index contributed by atoms with van der Waals surface area (Å²) in [7, 11) is 0. The number of hydrogen-bond donors (Lipinski definition) is 1. The first-order chi connectivity index (χ1) is 7.28. The topological polar surface area (TPSA) is 50.9 Å². The molecular weight excluding hydrogens is 190 g/mol. The van der Waals surface area contributed by atoms with Crippen LogP contribution in [0.1, 0.15) is 18.5 Å². The fraction of sp³-hybridized carbons (Fsp3) is 0.273. The number of aliphatic hydroxyl groups is 1. The van der Waals surface area contributed by atoms with Crippen LogP contribution >= 0.6 is 0 Å². The maximum atomic E-state index is 9.84. The molecule has 1 fully saturated rings. The van der Waals surface area contributed by atoms with Crippen molar-refractivity contribution in [1.82, 2.24) is 15.0 Å². The van der Waals surface area contributed by atoms with E-state index in [2.05, 4.69) is 10.2 Å². The van der Waals surface area contributed by atoms with Gasteiger partial charge in [-0.2, -0.15) is 15.0 Å². The Morgan fingerprint density at radius 2 is 1.93 bits per heavy atom. The Morgan fingerprint density at radius 3 is 2.60 bits per heavy atom. The van der Waals surface area contributed by atoms with Gasteiger partial charge in [-0.1, -0.05) is 18.2 Å². The van der Waals surface area contributed by atoms with Gasteiger partial charge < -0.3 is 5.11 Å². The van der Waals surface area contributed by atoms with E-state index in [9.17, 15) is 5.11 Å². The van der Waals surface area contributed by atoms with E-state index in [4.69, 9.17) is 0 Å².